The standard InChI is InChI=1S/C11H15NO4S/c1-17-6-2-5-16-11-7-9(8-13)3-4-10(11)12(14)15/h3-4,7,13H,2,5-6,8H2,1H3. The molecule has 0 heterocycles. The second-order valence-corrected chi connectivity index (χ2v) is 4.40. The largest absolute Gasteiger partial charge is 0.487 e. The molecule has 1 N–H and O–H groups in total. The maximum absolute atomic E-state index is 10.8. The maximum Gasteiger partial charge on any atom is 0.310 e. The normalized spacial score (nSPS) is 10.2. The van der Waals surface area contributed by atoms with Crippen molar-refractivity contribution in [2.24, 2.45) is 0 Å². The van der Waals surface area contributed by atoms with Crippen LogP contribution in [-0.4, -0.2) is 28.6 Å². The lowest BCUT2D eigenvalue weighted by Gasteiger charge is -2.07. The summed E-state index contributed by atoms with van der Waals surface area (Å²) in [6.07, 6.45) is 2.83. The molecular formula is C11H15NO4S. The van der Waals surface area contributed by atoms with Crippen molar-refractivity contribution < 1.29 is 14.8 Å². The average molecular weight is 257 g/mol. The molecule has 0 fully saturated rings. The molecule has 0 radical (unpaired) electrons. The van der Waals surface area contributed by atoms with Crippen molar-refractivity contribution in [3.05, 3.63) is 33.9 Å². The number of aliphatic hydroxyl groups excluding tert-OH is 1. The molecule has 1 rings (SSSR count). The van der Waals surface area contributed by atoms with Gasteiger partial charge in [0.25, 0.3) is 0 Å². The number of rotatable bonds is 7. The Morgan fingerprint density at radius 1 is 1.53 bits per heavy atom. The molecule has 0 saturated heterocycles. The van der Waals surface area contributed by atoms with Gasteiger partial charge in [-0.05, 0) is 36.1 Å². The average Bonchev–Trinajstić information content (AvgIpc) is 2.34. The molecule has 5 nitrogen and oxygen atoms in total. The fourth-order valence-corrected chi connectivity index (χ4v) is 1.72. The Kier molecular flexibility index (Phi) is 5.79. The Bertz CT molecular complexity index is 384. The van der Waals surface area contributed by atoms with E-state index in [0.717, 1.165) is 12.2 Å². The highest BCUT2D eigenvalue weighted by Gasteiger charge is 2.15. The first-order valence-electron chi connectivity index (χ1n) is 5.19. The summed E-state index contributed by atoms with van der Waals surface area (Å²) in [6.45, 7) is 0.287. The van der Waals surface area contributed by atoms with Crippen molar-refractivity contribution in [1.82, 2.24) is 0 Å². The van der Waals surface area contributed by atoms with E-state index in [4.69, 9.17) is 9.84 Å². The number of nitro groups is 1. The molecule has 0 saturated carbocycles. The molecule has 1 aromatic rings. The lowest BCUT2D eigenvalue weighted by molar-refractivity contribution is -0.385. The van der Waals surface area contributed by atoms with E-state index in [0.29, 0.717) is 12.2 Å². The van der Waals surface area contributed by atoms with E-state index in [1.54, 1.807) is 11.8 Å². The van der Waals surface area contributed by atoms with Crippen molar-refractivity contribution >= 4 is 17.4 Å². The zero-order valence-electron chi connectivity index (χ0n) is 9.59. The number of hydrogen-bond donors (Lipinski definition) is 1. The van der Waals surface area contributed by atoms with Crippen LogP contribution in [0.4, 0.5) is 5.69 Å². The van der Waals surface area contributed by atoms with E-state index in [9.17, 15) is 10.1 Å². The van der Waals surface area contributed by atoms with Gasteiger partial charge in [0.1, 0.15) is 0 Å². The number of benzene rings is 1. The molecule has 6 heteroatoms. The molecule has 0 atom stereocenters. The van der Waals surface area contributed by atoms with Gasteiger partial charge in [0.15, 0.2) is 5.75 Å². The third kappa shape index (κ3) is 4.24. The second kappa shape index (κ2) is 7.13. The summed E-state index contributed by atoms with van der Waals surface area (Å²) in [4.78, 5) is 10.3. The SMILES string of the molecule is CSCCCOc1cc(CO)ccc1[N+](=O)[O-]. The molecule has 0 amide bonds. The first kappa shape index (κ1) is 13.8. The highest BCUT2D eigenvalue weighted by atomic mass is 32.2. The summed E-state index contributed by atoms with van der Waals surface area (Å²) in [5, 5.41) is 19.7. The predicted octanol–water partition coefficient (Wildman–Crippen LogP) is 2.22. The van der Waals surface area contributed by atoms with Crippen LogP contribution in [0.2, 0.25) is 0 Å². The second-order valence-electron chi connectivity index (χ2n) is 3.41. The van der Waals surface area contributed by atoms with Crippen molar-refractivity contribution in [3.8, 4) is 5.75 Å². The van der Waals surface area contributed by atoms with Crippen LogP contribution in [0.5, 0.6) is 5.75 Å². The Balaban J connectivity index is 2.75. The van der Waals surface area contributed by atoms with Crippen LogP contribution in [0.1, 0.15) is 12.0 Å². The molecule has 0 aliphatic carbocycles. The highest BCUT2D eigenvalue weighted by molar-refractivity contribution is 7.98. The number of aliphatic hydroxyl groups is 1. The summed E-state index contributed by atoms with van der Waals surface area (Å²) in [7, 11) is 0. The van der Waals surface area contributed by atoms with Gasteiger partial charge in [-0.2, -0.15) is 11.8 Å². The van der Waals surface area contributed by atoms with Crippen molar-refractivity contribution in [2.45, 2.75) is 13.0 Å². The van der Waals surface area contributed by atoms with Crippen LogP contribution in [0.3, 0.4) is 0 Å². The van der Waals surface area contributed by atoms with Gasteiger partial charge in [-0.1, -0.05) is 0 Å². The Labute approximate surface area is 104 Å². The quantitative estimate of drug-likeness (QED) is 0.460. The minimum Gasteiger partial charge on any atom is -0.487 e. The van der Waals surface area contributed by atoms with E-state index >= 15 is 0 Å². The Hall–Kier alpha value is -1.27. The molecule has 0 unspecified atom stereocenters. The summed E-state index contributed by atoms with van der Waals surface area (Å²) in [5.41, 5.74) is 0.543. The number of ether oxygens (including phenoxy) is 1. The van der Waals surface area contributed by atoms with Crippen LogP contribution in [0.25, 0.3) is 0 Å². The molecule has 0 bridgehead atoms. The predicted molar refractivity (Wildman–Crippen MR) is 67.5 cm³/mol. The van der Waals surface area contributed by atoms with Crippen molar-refractivity contribution in [1.29, 1.82) is 0 Å². The fraction of sp³-hybridized carbons (Fsp3) is 0.455. The third-order valence-electron chi connectivity index (χ3n) is 2.15. The van der Waals surface area contributed by atoms with Crippen molar-refractivity contribution in [2.75, 3.05) is 18.6 Å². The zero-order valence-corrected chi connectivity index (χ0v) is 10.4. The molecule has 0 spiro atoms. The minimum atomic E-state index is -0.481. The minimum absolute atomic E-state index is 0.0636. The fourth-order valence-electron chi connectivity index (χ4n) is 1.31. The molecule has 17 heavy (non-hydrogen) atoms. The van der Waals surface area contributed by atoms with Crippen LogP contribution in [0, 0.1) is 10.1 Å². The van der Waals surface area contributed by atoms with Crippen molar-refractivity contribution in [3.63, 3.8) is 0 Å². The van der Waals surface area contributed by atoms with Gasteiger partial charge in [0.05, 0.1) is 18.1 Å². The summed E-state index contributed by atoms with van der Waals surface area (Å²) in [5.74, 6) is 1.18. The highest BCUT2D eigenvalue weighted by Crippen LogP contribution is 2.28. The summed E-state index contributed by atoms with van der Waals surface area (Å²) < 4.78 is 5.38. The monoisotopic (exact) mass is 257 g/mol. The van der Waals surface area contributed by atoms with Crippen LogP contribution < -0.4 is 4.74 Å². The van der Waals surface area contributed by atoms with Gasteiger partial charge >= 0.3 is 5.69 Å². The van der Waals surface area contributed by atoms with Crippen LogP contribution in [-0.2, 0) is 6.61 Å². The lowest BCUT2D eigenvalue weighted by Crippen LogP contribution is -2.02. The molecular weight excluding hydrogens is 242 g/mol. The van der Waals surface area contributed by atoms with E-state index < -0.39 is 4.92 Å². The number of hydrogen-bond acceptors (Lipinski definition) is 5. The van der Waals surface area contributed by atoms with Gasteiger partial charge in [-0.25, -0.2) is 0 Å². The molecule has 94 valence electrons. The lowest BCUT2D eigenvalue weighted by atomic mass is 10.2. The van der Waals surface area contributed by atoms with Gasteiger partial charge in [-0.15, -0.1) is 0 Å². The van der Waals surface area contributed by atoms with E-state index in [1.807, 2.05) is 6.26 Å². The smallest absolute Gasteiger partial charge is 0.310 e. The molecule has 0 aliphatic heterocycles. The Morgan fingerprint density at radius 2 is 2.29 bits per heavy atom. The van der Waals surface area contributed by atoms with Gasteiger partial charge < -0.3 is 9.84 Å². The van der Waals surface area contributed by atoms with E-state index in [1.165, 1.54) is 18.2 Å². The summed E-state index contributed by atoms with van der Waals surface area (Å²) >= 11 is 1.70. The first-order chi connectivity index (χ1) is 8.19. The van der Waals surface area contributed by atoms with E-state index in [2.05, 4.69) is 0 Å². The van der Waals surface area contributed by atoms with Crippen LogP contribution in [0.15, 0.2) is 18.2 Å². The zero-order chi connectivity index (χ0) is 12.7. The molecule has 0 aromatic heterocycles. The van der Waals surface area contributed by atoms with Gasteiger partial charge in [-0.3, -0.25) is 10.1 Å². The summed E-state index contributed by atoms with van der Waals surface area (Å²) in [6, 6.07) is 4.39. The van der Waals surface area contributed by atoms with Gasteiger partial charge in [0, 0.05) is 6.07 Å². The van der Waals surface area contributed by atoms with E-state index in [-0.39, 0.29) is 18.0 Å². The topological polar surface area (TPSA) is 72.6 Å². The molecule has 0 aliphatic rings. The molecule has 1 aromatic carbocycles. The first-order valence-corrected chi connectivity index (χ1v) is 6.58. The third-order valence-corrected chi connectivity index (χ3v) is 2.85. The maximum atomic E-state index is 10.8. The number of nitro benzene ring substituents is 1. The van der Waals surface area contributed by atoms with Crippen LogP contribution >= 0.6 is 11.8 Å². The van der Waals surface area contributed by atoms with Gasteiger partial charge in [0.2, 0.25) is 0 Å². The number of thioether (sulfide) groups is 1. The number of nitrogens with zero attached hydrogens (tertiary/aromatic N) is 1. The Morgan fingerprint density at radius 3 is 2.88 bits per heavy atom.